The van der Waals surface area contributed by atoms with E-state index in [1.165, 1.54) is 6.42 Å². The summed E-state index contributed by atoms with van der Waals surface area (Å²) in [6.45, 7) is 4.76. The number of nitrogens with one attached hydrogen (secondary N) is 2. The predicted molar refractivity (Wildman–Crippen MR) is 73.3 cm³/mol. The van der Waals surface area contributed by atoms with Gasteiger partial charge in [-0.2, -0.15) is 5.10 Å². The van der Waals surface area contributed by atoms with Crippen LogP contribution in [0, 0.1) is 16.0 Å². The van der Waals surface area contributed by atoms with Gasteiger partial charge in [-0.25, -0.2) is 4.68 Å². The number of nitro groups is 1. The van der Waals surface area contributed by atoms with Crippen LogP contribution in [0.1, 0.15) is 25.5 Å². The molecule has 0 spiro atoms. The summed E-state index contributed by atoms with van der Waals surface area (Å²) < 4.78 is 1.57. The molecule has 7 nitrogen and oxygen atoms in total. The van der Waals surface area contributed by atoms with E-state index in [0.29, 0.717) is 23.9 Å². The summed E-state index contributed by atoms with van der Waals surface area (Å²) in [6, 6.07) is 0. The fourth-order valence-corrected chi connectivity index (χ4v) is 2.55. The molecule has 1 saturated heterocycles. The van der Waals surface area contributed by atoms with E-state index in [2.05, 4.69) is 15.7 Å². The molecule has 1 aromatic rings. The summed E-state index contributed by atoms with van der Waals surface area (Å²) in [5.41, 5.74) is 0.659. The van der Waals surface area contributed by atoms with Crippen LogP contribution >= 0.6 is 0 Å². The third kappa shape index (κ3) is 3.04. The van der Waals surface area contributed by atoms with Crippen LogP contribution in [0.4, 0.5) is 11.5 Å². The van der Waals surface area contributed by atoms with Crippen LogP contribution in [-0.4, -0.2) is 34.3 Å². The molecule has 0 saturated carbocycles. The van der Waals surface area contributed by atoms with Gasteiger partial charge in [0, 0.05) is 13.6 Å². The fraction of sp³-hybridized carbons (Fsp3) is 0.750. The normalized spacial score (nSPS) is 18.7. The highest BCUT2D eigenvalue weighted by molar-refractivity contribution is 5.59. The number of nitrogens with zero attached hydrogens (tertiary/aromatic N) is 3. The maximum absolute atomic E-state index is 11.1. The second-order valence-electron chi connectivity index (χ2n) is 4.95. The zero-order valence-corrected chi connectivity index (χ0v) is 11.5. The Balaban J connectivity index is 2.02. The van der Waals surface area contributed by atoms with Gasteiger partial charge in [-0.3, -0.25) is 10.1 Å². The summed E-state index contributed by atoms with van der Waals surface area (Å²) in [6.07, 6.45) is 2.78. The minimum absolute atomic E-state index is 0.120. The topological polar surface area (TPSA) is 85.0 Å². The Kier molecular flexibility index (Phi) is 4.36. The molecule has 2 heterocycles. The average molecular weight is 267 g/mol. The number of rotatable bonds is 6. The van der Waals surface area contributed by atoms with Crippen LogP contribution in [0.3, 0.4) is 0 Å². The molecule has 1 fully saturated rings. The molecular weight excluding hydrogens is 246 g/mol. The van der Waals surface area contributed by atoms with Gasteiger partial charge < -0.3 is 10.6 Å². The molecule has 0 radical (unpaired) electrons. The van der Waals surface area contributed by atoms with Crippen molar-refractivity contribution < 1.29 is 4.92 Å². The molecule has 106 valence electrons. The minimum atomic E-state index is -0.342. The SMILES string of the molecule is CCc1nn(C)c(NCCC2CCNC2)c1[N+](=O)[O-]. The van der Waals surface area contributed by atoms with E-state index >= 15 is 0 Å². The molecule has 1 unspecified atom stereocenters. The Morgan fingerprint density at radius 2 is 2.42 bits per heavy atom. The molecule has 1 aromatic heterocycles. The highest BCUT2D eigenvalue weighted by atomic mass is 16.6. The van der Waals surface area contributed by atoms with Gasteiger partial charge in [0.15, 0.2) is 0 Å². The minimum Gasteiger partial charge on any atom is -0.365 e. The van der Waals surface area contributed by atoms with Gasteiger partial charge in [0.1, 0.15) is 5.69 Å². The molecule has 1 aliphatic heterocycles. The van der Waals surface area contributed by atoms with Crippen LogP contribution < -0.4 is 10.6 Å². The van der Waals surface area contributed by atoms with Gasteiger partial charge in [0.25, 0.3) is 0 Å². The van der Waals surface area contributed by atoms with Gasteiger partial charge in [0.2, 0.25) is 5.82 Å². The highest BCUT2D eigenvalue weighted by Crippen LogP contribution is 2.28. The predicted octanol–water partition coefficient (Wildman–Crippen LogP) is 1.30. The average Bonchev–Trinajstić information content (AvgIpc) is 2.97. The summed E-state index contributed by atoms with van der Waals surface area (Å²) >= 11 is 0. The summed E-state index contributed by atoms with van der Waals surface area (Å²) in [7, 11) is 1.74. The molecule has 1 atom stereocenters. The van der Waals surface area contributed by atoms with Gasteiger partial charge in [0.05, 0.1) is 4.92 Å². The molecule has 19 heavy (non-hydrogen) atoms. The first-order valence-electron chi connectivity index (χ1n) is 6.78. The zero-order chi connectivity index (χ0) is 13.8. The lowest BCUT2D eigenvalue weighted by Crippen LogP contribution is -2.14. The van der Waals surface area contributed by atoms with E-state index in [1.54, 1.807) is 11.7 Å². The zero-order valence-electron chi connectivity index (χ0n) is 11.5. The van der Waals surface area contributed by atoms with E-state index in [0.717, 1.165) is 26.1 Å². The smallest absolute Gasteiger partial charge is 0.333 e. The van der Waals surface area contributed by atoms with Gasteiger partial charge in [-0.15, -0.1) is 0 Å². The summed E-state index contributed by atoms with van der Waals surface area (Å²) in [5.74, 6) is 1.19. The summed E-state index contributed by atoms with van der Waals surface area (Å²) in [5, 5.41) is 21.8. The van der Waals surface area contributed by atoms with Crippen molar-refractivity contribution in [2.24, 2.45) is 13.0 Å². The molecule has 1 aliphatic rings. The fourth-order valence-electron chi connectivity index (χ4n) is 2.55. The van der Waals surface area contributed by atoms with Crippen molar-refractivity contribution in [1.29, 1.82) is 0 Å². The standard InChI is InChI=1S/C12H21N5O2/c1-3-10-11(17(18)19)12(16(2)15-10)14-7-5-9-4-6-13-8-9/h9,13-14H,3-8H2,1-2H3. The van der Waals surface area contributed by atoms with E-state index in [1.807, 2.05) is 6.92 Å². The Morgan fingerprint density at radius 3 is 3.00 bits per heavy atom. The first-order chi connectivity index (χ1) is 9.13. The van der Waals surface area contributed by atoms with Crippen molar-refractivity contribution in [3.63, 3.8) is 0 Å². The molecule has 0 aromatic carbocycles. The largest absolute Gasteiger partial charge is 0.365 e. The Hall–Kier alpha value is -1.63. The van der Waals surface area contributed by atoms with Crippen molar-refractivity contribution in [2.75, 3.05) is 25.0 Å². The Labute approximate surface area is 112 Å². The lowest BCUT2D eigenvalue weighted by Gasteiger charge is -2.09. The number of aromatic nitrogens is 2. The number of hydrogen-bond donors (Lipinski definition) is 2. The van der Waals surface area contributed by atoms with E-state index in [9.17, 15) is 10.1 Å². The van der Waals surface area contributed by atoms with Crippen molar-refractivity contribution in [3.8, 4) is 0 Å². The van der Waals surface area contributed by atoms with Crippen LogP contribution in [0.25, 0.3) is 0 Å². The van der Waals surface area contributed by atoms with Crippen LogP contribution in [0.5, 0.6) is 0 Å². The van der Waals surface area contributed by atoms with Gasteiger partial charge in [-0.1, -0.05) is 6.92 Å². The lowest BCUT2D eigenvalue weighted by atomic mass is 10.1. The number of anilines is 1. The molecule has 0 aliphatic carbocycles. The van der Waals surface area contributed by atoms with Crippen LogP contribution in [-0.2, 0) is 13.5 Å². The maximum atomic E-state index is 11.1. The molecule has 0 amide bonds. The number of aryl methyl sites for hydroxylation is 2. The summed E-state index contributed by atoms with van der Waals surface area (Å²) in [4.78, 5) is 10.8. The van der Waals surface area contributed by atoms with E-state index < -0.39 is 0 Å². The molecule has 7 heteroatoms. The molecule has 2 N–H and O–H groups in total. The highest BCUT2D eigenvalue weighted by Gasteiger charge is 2.25. The van der Waals surface area contributed by atoms with Gasteiger partial charge >= 0.3 is 5.69 Å². The first kappa shape index (κ1) is 13.8. The van der Waals surface area contributed by atoms with E-state index in [4.69, 9.17) is 0 Å². The molecule has 2 rings (SSSR count). The second kappa shape index (κ2) is 6.01. The second-order valence-corrected chi connectivity index (χ2v) is 4.95. The molecule has 0 bridgehead atoms. The monoisotopic (exact) mass is 267 g/mol. The van der Waals surface area contributed by atoms with Crippen molar-refractivity contribution in [1.82, 2.24) is 15.1 Å². The van der Waals surface area contributed by atoms with Crippen LogP contribution in [0.2, 0.25) is 0 Å². The van der Waals surface area contributed by atoms with Crippen LogP contribution in [0.15, 0.2) is 0 Å². The van der Waals surface area contributed by atoms with Crippen molar-refractivity contribution in [2.45, 2.75) is 26.2 Å². The third-order valence-corrected chi connectivity index (χ3v) is 3.62. The third-order valence-electron chi connectivity index (χ3n) is 3.62. The van der Waals surface area contributed by atoms with Crippen molar-refractivity contribution >= 4 is 11.5 Å². The van der Waals surface area contributed by atoms with Crippen molar-refractivity contribution in [3.05, 3.63) is 15.8 Å². The quantitative estimate of drug-likeness (QED) is 0.599. The number of hydrogen-bond acceptors (Lipinski definition) is 5. The maximum Gasteiger partial charge on any atom is 0.333 e. The first-order valence-corrected chi connectivity index (χ1v) is 6.78. The Bertz CT molecular complexity index is 451. The Morgan fingerprint density at radius 1 is 1.63 bits per heavy atom. The van der Waals surface area contributed by atoms with Gasteiger partial charge in [-0.05, 0) is 38.3 Å². The lowest BCUT2D eigenvalue weighted by molar-refractivity contribution is -0.384. The molecular formula is C12H21N5O2. The van der Waals surface area contributed by atoms with E-state index in [-0.39, 0.29) is 10.6 Å².